The van der Waals surface area contributed by atoms with E-state index in [2.05, 4.69) is 9.84 Å². The van der Waals surface area contributed by atoms with Gasteiger partial charge in [0.2, 0.25) is 0 Å². The molecule has 0 rings (SSSR count). The highest BCUT2D eigenvalue weighted by Gasteiger charge is 2.25. The Morgan fingerprint density at radius 2 is 1.94 bits per heavy atom. The van der Waals surface area contributed by atoms with Crippen LogP contribution in [0.1, 0.15) is 25.7 Å². The van der Waals surface area contributed by atoms with Gasteiger partial charge in [-0.05, 0) is 25.8 Å². The molecule has 0 aliphatic heterocycles. The molecule has 0 heterocycles. The Kier molecular flexibility index (Phi) is 9.15. The second-order valence-electron chi connectivity index (χ2n) is 3.53. The molecule has 10 heteroatoms. The summed E-state index contributed by atoms with van der Waals surface area (Å²) in [6.45, 7) is 0.530. The zero-order chi connectivity index (χ0) is 14.2. The van der Waals surface area contributed by atoms with E-state index in [1.165, 1.54) is 0 Å². The van der Waals surface area contributed by atoms with E-state index in [0.29, 0.717) is 13.0 Å². The molecule has 0 aliphatic carbocycles. The molecule has 108 valence electrons. The van der Waals surface area contributed by atoms with E-state index >= 15 is 0 Å². The summed E-state index contributed by atoms with van der Waals surface area (Å²) < 4.78 is 15.1. The first-order valence-corrected chi connectivity index (χ1v) is 7.69. The summed E-state index contributed by atoms with van der Waals surface area (Å²) in [5, 5.41) is 2.20. The van der Waals surface area contributed by atoms with Crippen molar-refractivity contribution in [3.05, 3.63) is 0 Å². The molecule has 1 unspecified atom stereocenters. The summed E-state index contributed by atoms with van der Waals surface area (Å²) in [4.78, 5) is 27.3. The van der Waals surface area contributed by atoms with Crippen LogP contribution in [0, 0.1) is 0 Å². The molecule has 0 bridgehead atoms. The van der Waals surface area contributed by atoms with E-state index in [1.54, 1.807) is 0 Å². The second-order valence-corrected chi connectivity index (χ2v) is 5.82. The number of phosphoric acid groups is 1. The van der Waals surface area contributed by atoms with E-state index < -0.39 is 24.8 Å². The van der Waals surface area contributed by atoms with Crippen LogP contribution in [0.25, 0.3) is 0 Å². The minimum Gasteiger partial charge on any atom is -0.330 e. The molecule has 1 amide bonds. The van der Waals surface area contributed by atoms with Gasteiger partial charge < -0.3 is 20.8 Å². The second kappa shape index (κ2) is 9.09. The SMILES string of the molecule is NCCCCCC(NC(=O)C(Cl)Cl)OP(=O)(O)O. The predicted molar refractivity (Wildman–Crippen MR) is 68.1 cm³/mol. The van der Waals surface area contributed by atoms with Crippen LogP contribution in [0.4, 0.5) is 0 Å². The van der Waals surface area contributed by atoms with Crippen molar-refractivity contribution in [1.82, 2.24) is 5.32 Å². The van der Waals surface area contributed by atoms with Gasteiger partial charge in [-0.3, -0.25) is 9.32 Å². The molecule has 0 aliphatic rings. The lowest BCUT2D eigenvalue weighted by Crippen LogP contribution is -2.39. The van der Waals surface area contributed by atoms with Crippen LogP contribution in [0.15, 0.2) is 0 Å². The number of nitrogens with one attached hydrogen (secondary N) is 1. The van der Waals surface area contributed by atoms with E-state index in [1.807, 2.05) is 0 Å². The smallest absolute Gasteiger partial charge is 0.330 e. The maximum Gasteiger partial charge on any atom is 0.471 e. The number of hydrogen-bond donors (Lipinski definition) is 4. The molecule has 7 nitrogen and oxygen atoms in total. The third-order valence-electron chi connectivity index (χ3n) is 1.94. The number of alkyl halides is 2. The van der Waals surface area contributed by atoms with Crippen LogP contribution in [0.3, 0.4) is 0 Å². The summed E-state index contributed by atoms with van der Waals surface area (Å²) in [5.74, 6) is -0.768. The summed E-state index contributed by atoms with van der Waals surface area (Å²) in [5.41, 5.74) is 5.31. The first-order valence-electron chi connectivity index (χ1n) is 5.29. The fraction of sp³-hybridized carbons (Fsp3) is 0.875. The number of unbranched alkanes of at least 4 members (excludes halogenated alkanes) is 2. The highest BCUT2D eigenvalue weighted by Crippen LogP contribution is 2.38. The topological polar surface area (TPSA) is 122 Å². The highest BCUT2D eigenvalue weighted by molar-refractivity contribution is 7.46. The number of carbonyl (C=O) groups excluding carboxylic acids is 1. The summed E-state index contributed by atoms with van der Waals surface area (Å²) in [6.07, 6.45) is 1.24. The van der Waals surface area contributed by atoms with Crippen molar-refractivity contribution in [2.24, 2.45) is 5.73 Å². The third-order valence-corrected chi connectivity index (χ3v) is 2.86. The van der Waals surface area contributed by atoms with E-state index in [0.717, 1.165) is 12.8 Å². The predicted octanol–water partition coefficient (Wildman–Crippen LogP) is 0.861. The van der Waals surface area contributed by atoms with Crippen molar-refractivity contribution in [3.63, 3.8) is 0 Å². The molecule has 0 aromatic heterocycles. The van der Waals surface area contributed by atoms with Crippen LogP contribution in [-0.4, -0.2) is 33.3 Å². The summed E-state index contributed by atoms with van der Waals surface area (Å²) >= 11 is 10.6. The average Bonchev–Trinajstić information content (AvgIpc) is 2.21. The minimum atomic E-state index is -4.69. The van der Waals surface area contributed by atoms with Gasteiger partial charge in [0.1, 0.15) is 6.23 Å². The fourth-order valence-corrected chi connectivity index (χ4v) is 1.81. The maximum atomic E-state index is 11.2. The van der Waals surface area contributed by atoms with E-state index in [4.69, 9.17) is 38.7 Å². The lowest BCUT2D eigenvalue weighted by atomic mass is 10.2. The Morgan fingerprint density at radius 1 is 1.33 bits per heavy atom. The molecule has 18 heavy (non-hydrogen) atoms. The third kappa shape index (κ3) is 10.1. The Balaban J connectivity index is 4.25. The Hall–Kier alpha value is 0.120. The van der Waals surface area contributed by atoms with Gasteiger partial charge in [0.15, 0.2) is 4.84 Å². The number of nitrogens with two attached hydrogens (primary N) is 1. The van der Waals surface area contributed by atoms with Crippen molar-refractivity contribution in [2.75, 3.05) is 6.54 Å². The van der Waals surface area contributed by atoms with E-state index in [9.17, 15) is 9.36 Å². The number of hydrogen-bond acceptors (Lipinski definition) is 4. The summed E-state index contributed by atoms with van der Waals surface area (Å²) in [6, 6.07) is 0. The normalized spacial score (nSPS) is 13.7. The molecule has 5 N–H and O–H groups in total. The van der Waals surface area contributed by atoms with Crippen LogP contribution < -0.4 is 11.1 Å². The largest absolute Gasteiger partial charge is 0.471 e. The number of carbonyl (C=O) groups is 1. The van der Waals surface area contributed by atoms with Gasteiger partial charge in [0.05, 0.1) is 0 Å². The maximum absolute atomic E-state index is 11.2. The van der Waals surface area contributed by atoms with Crippen LogP contribution >= 0.6 is 31.0 Å². The van der Waals surface area contributed by atoms with Gasteiger partial charge in [0, 0.05) is 0 Å². The Bertz CT molecular complexity index is 299. The molecule has 0 saturated heterocycles. The monoisotopic (exact) mass is 322 g/mol. The van der Waals surface area contributed by atoms with Crippen molar-refractivity contribution in [3.8, 4) is 0 Å². The van der Waals surface area contributed by atoms with Crippen molar-refractivity contribution in [1.29, 1.82) is 0 Å². The summed E-state index contributed by atoms with van der Waals surface area (Å²) in [7, 11) is -4.69. The molecular formula is C8H17Cl2N2O5P. The molecule has 0 radical (unpaired) electrons. The molecule has 0 saturated carbocycles. The van der Waals surface area contributed by atoms with Gasteiger partial charge in [-0.1, -0.05) is 29.6 Å². The lowest BCUT2D eigenvalue weighted by Gasteiger charge is -2.19. The number of phosphoric ester groups is 1. The van der Waals surface area contributed by atoms with Crippen LogP contribution in [0.2, 0.25) is 0 Å². The average molecular weight is 323 g/mol. The zero-order valence-electron chi connectivity index (χ0n) is 9.59. The Labute approximate surface area is 115 Å². The fourth-order valence-electron chi connectivity index (χ4n) is 1.19. The van der Waals surface area contributed by atoms with Gasteiger partial charge >= 0.3 is 7.82 Å². The van der Waals surface area contributed by atoms with Gasteiger partial charge in [-0.25, -0.2) is 4.57 Å². The van der Waals surface area contributed by atoms with Gasteiger partial charge in [0.25, 0.3) is 5.91 Å². The minimum absolute atomic E-state index is 0.233. The van der Waals surface area contributed by atoms with E-state index in [-0.39, 0.29) is 6.42 Å². The number of amides is 1. The van der Waals surface area contributed by atoms with Crippen LogP contribution in [-0.2, 0) is 13.9 Å². The van der Waals surface area contributed by atoms with Crippen LogP contribution in [0.5, 0.6) is 0 Å². The standard InChI is InChI=1S/C8H17Cl2N2O5P/c9-7(10)8(13)12-6(17-18(14,15)16)4-2-1-3-5-11/h6-7H,1-5,11H2,(H,12,13)(H2,14,15,16). The van der Waals surface area contributed by atoms with Crippen molar-refractivity contribution >= 4 is 36.9 Å². The number of rotatable bonds is 9. The Morgan fingerprint density at radius 3 is 2.39 bits per heavy atom. The lowest BCUT2D eigenvalue weighted by molar-refractivity contribution is -0.122. The zero-order valence-corrected chi connectivity index (χ0v) is 12.0. The highest BCUT2D eigenvalue weighted by atomic mass is 35.5. The quantitative estimate of drug-likeness (QED) is 0.216. The number of halogens is 2. The van der Waals surface area contributed by atoms with Gasteiger partial charge in [-0.15, -0.1) is 0 Å². The molecule has 0 fully saturated rings. The first-order chi connectivity index (χ1) is 8.26. The molecule has 1 atom stereocenters. The molecule has 0 aromatic rings. The molecule has 0 spiro atoms. The molecule has 0 aromatic carbocycles. The van der Waals surface area contributed by atoms with Gasteiger partial charge in [-0.2, -0.15) is 0 Å². The van der Waals surface area contributed by atoms with Crippen molar-refractivity contribution in [2.45, 2.75) is 36.7 Å². The first kappa shape index (κ1) is 18.1. The van der Waals surface area contributed by atoms with Crippen molar-refractivity contribution < 1.29 is 23.7 Å². The molecular weight excluding hydrogens is 306 g/mol.